The summed E-state index contributed by atoms with van der Waals surface area (Å²) in [6.07, 6.45) is 0. The van der Waals surface area contributed by atoms with Gasteiger partial charge in [-0.15, -0.1) is 0 Å². The molecule has 0 radical (unpaired) electrons. The summed E-state index contributed by atoms with van der Waals surface area (Å²) >= 11 is 0. The van der Waals surface area contributed by atoms with Crippen LogP contribution in [-0.4, -0.2) is 39.3 Å². The van der Waals surface area contributed by atoms with Gasteiger partial charge in [0.05, 0.1) is 0 Å². The summed E-state index contributed by atoms with van der Waals surface area (Å²) in [5.74, 6) is 0. The smallest absolute Gasteiger partial charge is 0.109 e. The van der Waals surface area contributed by atoms with Crippen molar-refractivity contribution in [1.82, 2.24) is 4.90 Å². The van der Waals surface area contributed by atoms with Gasteiger partial charge in [0.15, 0.2) is 0 Å². The Labute approximate surface area is 50.1 Å². The van der Waals surface area contributed by atoms with E-state index in [4.69, 9.17) is 0 Å². The van der Waals surface area contributed by atoms with E-state index in [1.165, 1.54) is 0 Å². The lowest BCUT2D eigenvalue weighted by molar-refractivity contribution is -0.382. The summed E-state index contributed by atoms with van der Waals surface area (Å²) in [7, 11) is 6.00. The third-order valence-electron chi connectivity index (χ3n) is 0.333. The van der Waals surface area contributed by atoms with Gasteiger partial charge in [-0.1, -0.05) is 0 Å². The summed E-state index contributed by atoms with van der Waals surface area (Å²) < 4.78 is 0. The molecule has 0 aromatic carbocycles. The van der Waals surface area contributed by atoms with Crippen molar-refractivity contribution in [2.45, 2.75) is 0 Å². The molecular weight excluding hydrogens is 106 g/mol. The molecule has 0 aromatic heterocycles. The first-order valence-corrected chi connectivity index (χ1v) is 2.59. The van der Waals surface area contributed by atoms with E-state index >= 15 is 0 Å². The molecular formula is C5H13NO2. The molecule has 0 amide bonds. The Balaban J connectivity index is 0.000000122. The van der Waals surface area contributed by atoms with Crippen molar-refractivity contribution >= 4 is 0 Å². The van der Waals surface area contributed by atoms with Gasteiger partial charge in [-0.25, -0.2) is 9.78 Å². The van der Waals surface area contributed by atoms with Crippen LogP contribution >= 0.6 is 0 Å². The van der Waals surface area contributed by atoms with Crippen molar-refractivity contribution in [3.63, 3.8) is 0 Å². The molecule has 3 heteroatoms. The predicted octanol–water partition coefficient (Wildman–Crippen LogP) is 0.126. The Hall–Kier alpha value is -0.120. The van der Waals surface area contributed by atoms with Crippen LogP contribution < -0.4 is 0 Å². The largest absolute Gasteiger partial charge is 0.312 e. The number of hydrogen-bond acceptors (Lipinski definition) is 3. The highest BCUT2D eigenvalue weighted by molar-refractivity contribution is 4.22. The predicted molar refractivity (Wildman–Crippen MR) is 31.5 cm³/mol. The lowest BCUT2D eigenvalue weighted by Gasteiger charge is -2.08. The molecule has 1 rings (SSSR count). The van der Waals surface area contributed by atoms with Gasteiger partial charge in [0, 0.05) is 0 Å². The number of hydrogen-bond donors (Lipinski definition) is 0. The van der Waals surface area contributed by atoms with Gasteiger partial charge in [-0.05, 0) is 21.1 Å². The van der Waals surface area contributed by atoms with Crippen LogP contribution in [0.3, 0.4) is 0 Å². The second-order valence-corrected chi connectivity index (χ2v) is 1.99. The molecule has 50 valence electrons. The first-order chi connectivity index (χ1) is 3.73. The summed E-state index contributed by atoms with van der Waals surface area (Å²) in [4.78, 5) is 10.4. The first-order valence-electron chi connectivity index (χ1n) is 2.59. The summed E-state index contributed by atoms with van der Waals surface area (Å²) in [6.45, 7) is 1.56. The van der Waals surface area contributed by atoms with Crippen molar-refractivity contribution in [3.05, 3.63) is 0 Å². The van der Waals surface area contributed by atoms with Crippen molar-refractivity contribution in [2.75, 3.05) is 34.4 Å². The van der Waals surface area contributed by atoms with Crippen LogP contribution in [0.1, 0.15) is 0 Å². The molecule has 0 aliphatic carbocycles. The van der Waals surface area contributed by atoms with Gasteiger partial charge in [0.25, 0.3) is 0 Å². The van der Waals surface area contributed by atoms with E-state index in [1.54, 1.807) is 0 Å². The van der Waals surface area contributed by atoms with Gasteiger partial charge < -0.3 is 4.90 Å². The van der Waals surface area contributed by atoms with Gasteiger partial charge in [0.2, 0.25) is 0 Å². The second-order valence-electron chi connectivity index (χ2n) is 1.99. The zero-order chi connectivity index (χ0) is 6.41. The molecule has 8 heavy (non-hydrogen) atoms. The Morgan fingerprint density at radius 2 is 1.12 bits per heavy atom. The van der Waals surface area contributed by atoms with E-state index in [0.717, 1.165) is 13.2 Å². The van der Waals surface area contributed by atoms with Gasteiger partial charge in [-0.2, -0.15) is 0 Å². The lowest BCUT2D eigenvalue weighted by Crippen LogP contribution is -2.14. The minimum atomic E-state index is 0.778. The fourth-order valence-corrected chi connectivity index (χ4v) is 0.0833. The van der Waals surface area contributed by atoms with Crippen LogP contribution in [0, 0.1) is 0 Å². The standard InChI is InChI=1S/C3H9N.C2H4O2/c1-4(2)3;1-2-4-3-1/h1-3H3;1-2H2. The zero-order valence-corrected chi connectivity index (χ0v) is 5.68. The molecule has 1 aliphatic rings. The summed E-state index contributed by atoms with van der Waals surface area (Å²) in [6, 6.07) is 0. The van der Waals surface area contributed by atoms with Crippen LogP contribution in [-0.2, 0) is 9.78 Å². The van der Waals surface area contributed by atoms with Crippen molar-refractivity contribution in [3.8, 4) is 0 Å². The maximum absolute atomic E-state index is 4.22. The SMILES string of the molecule is C1COO1.CN(C)C. The highest BCUT2D eigenvalue weighted by Gasteiger charge is 1.95. The van der Waals surface area contributed by atoms with E-state index in [-0.39, 0.29) is 0 Å². The molecule has 1 aliphatic heterocycles. The van der Waals surface area contributed by atoms with E-state index in [2.05, 4.69) is 9.78 Å². The monoisotopic (exact) mass is 119 g/mol. The highest BCUT2D eigenvalue weighted by atomic mass is 17.2. The Morgan fingerprint density at radius 3 is 1.12 bits per heavy atom. The molecule has 3 nitrogen and oxygen atoms in total. The zero-order valence-electron chi connectivity index (χ0n) is 5.68. The van der Waals surface area contributed by atoms with E-state index in [9.17, 15) is 0 Å². The minimum Gasteiger partial charge on any atom is -0.312 e. The molecule has 0 unspecified atom stereocenters. The van der Waals surface area contributed by atoms with Crippen LogP contribution in [0.5, 0.6) is 0 Å². The third-order valence-corrected chi connectivity index (χ3v) is 0.333. The highest BCUT2D eigenvalue weighted by Crippen LogP contribution is 1.87. The summed E-state index contributed by atoms with van der Waals surface area (Å²) in [5, 5.41) is 0. The van der Waals surface area contributed by atoms with Crippen LogP contribution in [0.25, 0.3) is 0 Å². The quantitative estimate of drug-likeness (QED) is 0.423. The molecule has 0 saturated carbocycles. The van der Waals surface area contributed by atoms with Crippen molar-refractivity contribution < 1.29 is 9.78 Å². The van der Waals surface area contributed by atoms with Gasteiger partial charge in [0.1, 0.15) is 13.2 Å². The topological polar surface area (TPSA) is 21.7 Å². The molecule has 0 atom stereocenters. The number of rotatable bonds is 0. The maximum atomic E-state index is 4.22. The number of nitrogens with zero attached hydrogens (tertiary/aromatic N) is 1. The van der Waals surface area contributed by atoms with E-state index < -0.39 is 0 Å². The molecule has 0 spiro atoms. The Morgan fingerprint density at radius 1 is 1.00 bits per heavy atom. The molecule has 0 aromatic rings. The summed E-state index contributed by atoms with van der Waals surface area (Å²) in [5.41, 5.74) is 0. The lowest BCUT2D eigenvalue weighted by atomic mass is 10.8. The van der Waals surface area contributed by atoms with Crippen LogP contribution in [0.4, 0.5) is 0 Å². The van der Waals surface area contributed by atoms with Gasteiger partial charge in [-0.3, -0.25) is 0 Å². The van der Waals surface area contributed by atoms with Crippen LogP contribution in [0.2, 0.25) is 0 Å². The maximum Gasteiger partial charge on any atom is 0.109 e. The normalized spacial score (nSPS) is 16.5. The van der Waals surface area contributed by atoms with Crippen LogP contribution in [0.15, 0.2) is 0 Å². The Kier molecular flexibility index (Phi) is 4.95. The molecule has 0 bridgehead atoms. The van der Waals surface area contributed by atoms with Gasteiger partial charge >= 0.3 is 0 Å². The third kappa shape index (κ3) is 9.30. The second kappa shape index (κ2) is 5.03. The molecule has 1 fully saturated rings. The minimum absolute atomic E-state index is 0.778. The molecule has 1 heterocycles. The first kappa shape index (κ1) is 7.88. The average Bonchev–Trinajstić information content (AvgIpc) is 1.19. The Bertz CT molecular complexity index is 36.9. The van der Waals surface area contributed by atoms with E-state index in [0.29, 0.717) is 0 Å². The fraction of sp³-hybridized carbons (Fsp3) is 1.00. The molecule has 0 N–H and O–H groups in total. The average molecular weight is 119 g/mol. The van der Waals surface area contributed by atoms with Crippen molar-refractivity contribution in [1.29, 1.82) is 0 Å². The van der Waals surface area contributed by atoms with E-state index in [1.807, 2.05) is 26.0 Å². The fourth-order valence-electron chi connectivity index (χ4n) is 0.0833. The van der Waals surface area contributed by atoms with Crippen molar-refractivity contribution in [2.24, 2.45) is 0 Å². The molecule has 1 saturated heterocycles.